The number of rotatable bonds is 5. The van der Waals surface area contributed by atoms with Gasteiger partial charge in [0.15, 0.2) is 11.3 Å². The van der Waals surface area contributed by atoms with Crippen molar-refractivity contribution >= 4 is 34.1 Å². The topological polar surface area (TPSA) is 56.1 Å². The molecule has 0 saturated carbocycles. The molecule has 0 fully saturated rings. The molecule has 1 aliphatic heterocycles. The zero-order chi connectivity index (χ0) is 19.8. The Morgan fingerprint density at radius 3 is 2.71 bits per heavy atom. The van der Waals surface area contributed by atoms with Crippen molar-refractivity contribution in [2.75, 3.05) is 18.6 Å². The Balaban J connectivity index is 1.93. The van der Waals surface area contributed by atoms with Crippen LogP contribution in [0, 0.1) is 6.92 Å². The molecule has 3 heterocycles. The monoisotopic (exact) mass is 399 g/mol. The van der Waals surface area contributed by atoms with E-state index >= 15 is 0 Å². The second-order valence-electron chi connectivity index (χ2n) is 7.35. The normalized spacial score (nSPS) is 14.0. The maximum absolute atomic E-state index is 6.31. The molecule has 0 aliphatic carbocycles. The summed E-state index contributed by atoms with van der Waals surface area (Å²) in [6.07, 6.45) is 4.05. The minimum Gasteiger partial charge on any atom is -0.481 e. The highest BCUT2D eigenvalue weighted by atomic mass is 35.5. The van der Waals surface area contributed by atoms with Crippen molar-refractivity contribution in [2.45, 2.75) is 52.5 Å². The fourth-order valence-corrected chi connectivity index (χ4v) is 4.53. The molecule has 148 valence electrons. The molecule has 1 aliphatic rings. The first-order valence-corrected chi connectivity index (χ1v) is 10.3. The first-order valence-electron chi connectivity index (χ1n) is 9.93. The van der Waals surface area contributed by atoms with Crippen LogP contribution >= 0.6 is 11.6 Å². The van der Waals surface area contributed by atoms with Gasteiger partial charge in [0.05, 0.1) is 18.7 Å². The van der Waals surface area contributed by atoms with Crippen LogP contribution in [-0.2, 0) is 6.42 Å². The predicted octanol–water partition coefficient (Wildman–Crippen LogP) is 5.24. The molecule has 0 N–H and O–H groups in total. The van der Waals surface area contributed by atoms with Gasteiger partial charge in [0, 0.05) is 23.3 Å². The van der Waals surface area contributed by atoms with Crippen LogP contribution in [0.3, 0.4) is 0 Å². The van der Waals surface area contributed by atoms with Gasteiger partial charge in [0.2, 0.25) is 5.88 Å². The van der Waals surface area contributed by atoms with Crippen molar-refractivity contribution in [1.82, 2.24) is 20.0 Å². The van der Waals surface area contributed by atoms with Gasteiger partial charge in [-0.2, -0.15) is 4.98 Å². The van der Waals surface area contributed by atoms with E-state index in [1.165, 1.54) is 11.3 Å². The van der Waals surface area contributed by atoms with Gasteiger partial charge in [-0.25, -0.2) is 4.68 Å². The lowest BCUT2D eigenvalue weighted by Crippen LogP contribution is -2.26. The number of benzene rings is 1. The Morgan fingerprint density at radius 1 is 1.21 bits per heavy atom. The molecule has 1 aromatic carbocycles. The summed E-state index contributed by atoms with van der Waals surface area (Å²) >= 11 is 6.31. The molecule has 28 heavy (non-hydrogen) atoms. The number of nitrogens with zero attached hydrogens (tertiary/aromatic N) is 5. The molecular weight excluding hydrogens is 374 g/mol. The van der Waals surface area contributed by atoms with Gasteiger partial charge in [-0.05, 0) is 55.9 Å². The van der Waals surface area contributed by atoms with Gasteiger partial charge in [-0.1, -0.05) is 30.7 Å². The highest BCUT2D eigenvalue weighted by molar-refractivity contribution is 6.30. The van der Waals surface area contributed by atoms with Crippen molar-refractivity contribution in [1.29, 1.82) is 0 Å². The average Bonchev–Trinajstić information content (AvgIpc) is 3.11. The van der Waals surface area contributed by atoms with Gasteiger partial charge in [-0.3, -0.25) is 0 Å². The molecule has 0 spiro atoms. The lowest BCUT2D eigenvalue weighted by Gasteiger charge is -2.32. The zero-order valence-electron chi connectivity index (χ0n) is 16.9. The summed E-state index contributed by atoms with van der Waals surface area (Å²) in [6, 6.07) is 6.32. The zero-order valence-corrected chi connectivity index (χ0v) is 17.6. The van der Waals surface area contributed by atoms with Crippen LogP contribution in [0.4, 0.5) is 11.5 Å². The largest absolute Gasteiger partial charge is 0.481 e. The molecule has 0 radical (unpaired) electrons. The summed E-state index contributed by atoms with van der Waals surface area (Å²) in [5.41, 5.74) is 5.35. The molecule has 6 nitrogen and oxygen atoms in total. The SMILES string of the molecule is CCC(CC)n1nnc2c(N3CCCc4cc(Cl)cc(C)c43)nc(OC)cc21. The third-order valence-electron chi connectivity index (χ3n) is 5.61. The number of anilines is 2. The van der Waals surface area contributed by atoms with Crippen molar-refractivity contribution < 1.29 is 4.74 Å². The third kappa shape index (κ3) is 3.09. The fraction of sp³-hybridized carbons (Fsp3) is 0.476. The molecule has 0 saturated heterocycles. The van der Waals surface area contributed by atoms with Gasteiger partial charge < -0.3 is 9.64 Å². The van der Waals surface area contributed by atoms with Gasteiger partial charge in [0.25, 0.3) is 0 Å². The molecule has 7 heteroatoms. The summed E-state index contributed by atoms with van der Waals surface area (Å²) < 4.78 is 7.55. The lowest BCUT2D eigenvalue weighted by atomic mass is 9.98. The molecule has 0 unspecified atom stereocenters. The van der Waals surface area contributed by atoms with Crippen molar-refractivity contribution in [3.63, 3.8) is 0 Å². The number of aryl methyl sites for hydroxylation is 2. The Hall–Kier alpha value is -2.34. The predicted molar refractivity (Wildman–Crippen MR) is 113 cm³/mol. The Labute approximate surface area is 170 Å². The van der Waals surface area contributed by atoms with E-state index in [2.05, 4.69) is 42.0 Å². The number of ether oxygens (including phenoxy) is 1. The summed E-state index contributed by atoms with van der Waals surface area (Å²) in [4.78, 5) is 7.04. The Bertz CT molecular complexity index is 1010. The van der Waals surface area contributed by atoms with E-state index in [9.17, 15) is 0 Å². The number of methoxy groups -OCH3 is 1. The van der Waals surface area contributed by atoms with E-state index in [4.69, 9.17) is 21.3 Å². The number of aromatic nitrogens is 4. The summed E-state index contributed by atoms with van der Waals surface area (Å²) in [5.74, 6) is 1.38. The Kier molecular flexibility index (Phi) is 5.15. The smallest absolute Gasteiger partial charge is 0.217 e. The number of pyridine rings is 1. The van der Waals surface area contributed by atoms with E-state index in [-0.39, 0.29) is 0 Å². The fourth-order valence-electron chi connectivity index (χ4n) is 4.23. The molecule has 0 atom stereocenters. The van der Waals surface area contributed by atoms with Gasteiger partial charge in [-0.15, -0.1) is 5.10 Å². The van der Waals surface area contributed by atoms with E-state index in [1.54, 1.807) is 7.11 Å². The van der Waals surface area contributed by atoms with Crippen LogP contribution in [0.1, 0.15) is 50.3 Å². The average molecular weight is 400 g/mol. The quantitative estimate of drug-likeness (QED) is 0.587. The third-order valence-corrected chi connectivity index (χ3v) is 5.83. The summed E-state index contributed by atoms with van der Waals surface area (Å²) in [7, 11) is 1.65. The van der Waals surface area contributed by atoms with Crippen molar-refractivity contribution in [2.24, 2.45) is 0 Å². The van der Waals surface area contributed by atoms with E-state index in [0.717, 1.165) is 59.7 Å². The first-order chi connectivity index (χ1) is 13.6. The van der Waals surface area contributed by atoms with Crippen LogP contribution in [0.5, 0.6) is 5.88 Å². The molecule has 0 amide bonds. The van der Waals surface area contributed by atoms with E-state index in [1.807, 2.05) is 16.8 Å². The highest BCUT2D eigenvalue weighted by Gasteiger charge is 2.26. The lowest BCUT2D eigenvalue weighted by molar-refractivity contribution is 0.397. The standard InChI is InChI=1S/C21H26ClN5O/c1-5-16(6-2)27-17-12-18(28-4)23-21(19(17)24-25-27)26-9-7-8-14-11-15(22)10-13(3)20(14)26/h10-12,16H,5-9H2,1-4H3. The minimum atomic E-state index is 0.305. The number of hydrogen-bond donors (Lipinski definition) is 0. The maximum Gasteiger partial charge on any atom is 0.217 e. The number of halogens is 1. The maximum atomic E-state index is 6.31. The van der Waals surface area contributed by atoms with E-state index < -0.39 is 0 Å². The summed E-state index contributed by atoms with van der Waals surface area (Å²) in [5, 5.41) is 9.80. The summed E-state index contributed by atoms with van der Waals surface area (Å²) in [6.45, 7) is 7.33. The minimum absolute atomic E-state index is 0.305. The van der Waals surface area contributed by atoms with Crippen LogP contribution in [-0.4, -0.2) is 33.6 Å². The number of fused-ring (bicyclic) bond motifs is 2. The van der Waals surface area contributed by atoms with E-state index in [0.29, 0.717) is 11.9 Å². The second-order valence-corrected chi connectivity index (χ2v) is 7.78. The van der Waals surface area contributed by atoms with Crippen molar-refractivity contribution in [3.8, 4) is 5.88 Å². The second kappa shape index (κ2) is 7.59. The van der Waals surface area contributed by atoms with Crippen LogP contribution in [0.2, 0.25) is 5.02 Å². The van der Waals surface area contributed by atoms with Gasteiger partial charge >= 0.3 is 0 Å². The van der Waals surface area contributed by atoms with Gasteiger partial charge in [0.1, 0.15) is 0 Å². The first kappa shape index (κ1) is 19.0. The van der Waals surface area contributed by atoms with Crippen LogP contribution in [0.15, 0.2) is 18.2 Å². The Morgan fingerprint density at radius 2 is 2.00 bits per heavy atom. The van der Waals surface area contributed by atoms with Crippen molar-refractivity contribution in [3.05, 3.63) is 34.3 Å². The van der Waals surface area contributed by atoms with Crippen LogP contribution < -0.4 is 9.64 Å². The molecule has 0 bridgehead atoms. The molecule has 4 rings (SSSR count). The number of hydrogen-bond acceptors (Lipinski definition) is 5. The highest BCUT2D eigenvalue weighted by Crippen LogP contribution is 2.40. The molecular formula is C21H26ClN5O. The van der Waals surface area contributed by atoms with Crippen LogP contribution in [0.25, 0.3) is 11.0 Å². The molecule has 3 aromatic rings. The molecule has 2 aromatic heterocycles.